The molecule has 51 heavy (non-hydrogen) atoms. The number of para-hydroxylation sites is 2. The summed E-state index contributed by atoms with van der Waals surface area (Å²) >= 11 is 0. The molecule has 3 amide bonds. The summed E-state index contributed by atoms with van der Waals surface area (Å²) in [5, 5.41) is 14.7. The minimum atomic E-state index is -4.02. The first-order valence-electron chi connectivity index (χ1n) is 17.0. The SMILES string of the molecule is COc1ccc(S(=O)(=O)N(CC(C)C)C[C@@H](O)[C@H](Cc2ccccc2)NC(=O)C(=C(C)C)N2CCN(Cc3cnc4ccccc4n3)C2=O)cc1. The third-order valence-electron chi connectivity index (χ3n) is 8.64. The maximum absolute atomic E-state index is 14.1. The highest BCUT2D eigenvalue weighted by Gasteiger charge is 2.37. The number of allylic oxidation sites excluding steroid dienone is 1. The van der Waals surface area contributed by atoms with Gasteiger partial charge in [0, 0.05) is 26.2 Å². The zero-order chi connectivity index (χ0) is 36.7. The van der Waals surface area contributed by atoms with Gasteiger partial charge in [0.25, 0.3) is 5.91 Å². The van der Waals surface area contributed by atoms with Crippen molar-refractivity contribution in [3.8, 4) is 5.75 Å². The van der Waals surface area contributed by atoms with Gasteiger partial charge in [-0.3, -0.25) is 14.7 Å². The predicted octanol–water partition coefficient (Wildman–Crippen LogP) is 4.61. The maximum Gasteiger partial charge on any atom is 0.325 e. The number of hydrogen-bond acceptors (Lipinski definition) is 8. The average Bonchev–Trinajstić information content (AvgIpc) is 3.46. The summed E-state index contributed by atoms with van der Waals surface area (Å²) in [4.78, 5) is 40.1. The molecule has 4 aromatic rings. The van der Waals surface area contributed by atoms with Crippen molar-refractivity contribution in [1.29, 1.82) is 0 Å². The summed E-state index contributed by atoms with van der Waals surface area (Å²) in [5.41, 5.74) is 3.77. The van der Waals surface area contributed by atoms with E-state index in [4.69, 9.17) is 4.74 Å². The van der Waals surface area contributed by atoms with E-state index >= 15 is 0 Å². The van der Waals surface area contributed by atoms with Gasteiger partial charge in [0.1, 0.15) is 11.4 Å². The van der Waals surface area contributed by atoms with Gasteiger partial charge in [-0.05, 0) is 73.7 Å². The number of carbonyl (C=O) groups is 2. The van der Waals surface area contributed by atoms with E-state index in [1.54, 1.807) is 37.1 Å². The first-order chi connectivity index (χ1) is 24.4. The molecule has 0 spiro atoms. The van der Waals surface area contributed by atoms with Gasteiger partial charge >= 0.3 is 6.03 Å². The number of amides is 3. The molecule has 13 heteroatoms. The number of rotatable bonds is 15. The molecule has 0 bridgehead atoms. The van der Waals surface area contributed by atoms with Gasteiger partial charge in [-0.25, -0.2) is 18.2 Å². The number of sulfonamides is 1. The summed E-state index contributed by atoms with van der Waals surface area (Å²) in [6.07, 6.45) is 0.583. The molecule has 5 rings (SSSR count). The van der Waals surface area contributed by atoms with Crippen LogP contribution in [0.25, 0.3) is 11.0 Å². The maximum atomic E-state index is 14.1. The van der Waals surface area contributed by atoms with Crippen molar-refractivity contribution >= 4 is 33.0 Å². The number of aromatic nitrogens is 2. The molecule has 1 fully saturated rings. The number of carbonyl (C=O) groups excluding carboxylic acids is 2. The van der Waals surface area contributed by atoms with E-state index in [0.29, 0.717) is 23.6 Å². The minimum absolute atomic E-state index is 0.0469. The molecule has 1 aromatic heterocycles. The van der Waals surface area contributed by atoms with Crippen LogP contribution in [0.4, 0.5) is 4.79 Å². The standard InChI is InChI=1S/C38H46N6O6S/c1-26(2)23-43(51(48,49)31-17-15-30(50-5)16-18-31)25-35(45)34(21-28-11-7-6-8-12-28)41-37(46)36(27(3)4)44-20-19-42(38(44)47)24-29-22-39-32-13-9-10-14-33(32)40-29/h6-18,22,26,34-35,45H,19-21,23-25H2,1-5H3,(H,41,46)/t34-,35+/m0/s1. The van der Waals surface area contributed by atoms with Crippen molar-refractivity contribution < 1.29 is 27.9 Å². The number of benzene rings is 3. The molecule has 2 N–H and O–H groups in total. The van der Waals surface area contributed by atoms with E-state index in [-0.39, 0.29) is 55.1 Å². The van der Waals surface area contributed by atoms with Gasteiger partial charge in [0.15, 0.2) is 0 Å². The van der Waals surface area contributed by atoms with Crippen molar-refractivity contribution in [2.45, 2.75) is 57.7 Å². The molecular formula is C38H46N6O6S. The number of aliphatic hydroxyl groups is 1. The number of fused-ring (bicyclic) bond motifs is 1. The Morgan fingerprint density at radius 2 is 1.63 bits per heavy atom. The lowest BCUT2D eigenvalue weighted by molar-refractivity contribution is -0.120. The highest BCUT2D eigenvalue weighted by atomic mass is 32.2. The fourth-order valence-corrected chi connectivity index (χ4v) is 7.74. The normalized spacial score (nSPS) is 14.6. The van der Waals surface area contributed by atoms with Crippen LogP contribution in [0, 0.1) is 5.92 Å². The second-order valence-corrected chi connectivity index (χ2v) is 15.2. The summed E-state index contributed by atoms with van der Waals surface area (Å²) in [6.45, 7) is 8.08. The number of urea groups is 1. The van der Waals surface area contributed by atoms with Gasteiger partial charge in [0.05, 0.1) is 53.6 Å². The molecule has 1 aliphatic heterocycles. The van der Waals surface area contributed by atoms with E-state index in [1.807, 2.05) is 68.4 Å². The number of methoxy groups -OCH3 is 1. The highest BCUT2D eigenvalue weighted by Crippen LogP contribution is 2.24. The van der Waals surface area contributed by atoms with E-state index < -0.39 is 28.1 Å². The van der Waals surface area contributed by atoms with Crippen molar-refractivity contribution in [3.05, 3.63) is 108 Å². The van der Waals surface area contributed by atoms with Crippen molar-refractivity contribution in [2.75, 3.05) is 33.3 Å². The van der Waals surface area contributed by atoms with Gasteiger partial charge in [0.2, 0.25) is 10.0 Å². The molecule has 12 nitrogen and oxygen atoms in total. The van der Waals surface area contributed by atoms with Crippen LogP contribution in [-0.4, -0.2) is 95.0 Å². The smallest absolute Gasteiger partial charge is 0.325 e. The molecule has 1 aliphatic rings. The number of ether oxygens (including phenoxy) is 1. The summed E-state index contributed by atoms with van der Waals surface area (Å²) < 4.78 is 34.2. The summed E-state index contributed by atoms with van der Waals surface area (Å²) in [7, 11) is -2.51. The molecule has 1 saturated heterocycles. The molecule has 2 heterocycles. The van der Waals surface area contributed by atoms with Crippen LogP contribution in [0.1, 0.15) is 39.0 Å². The average molecular weight is 715 g/mol. The largest absolute Gasteiger partial charge is 0.497 e. The summed E-state index contributed by atoms with van der Waals surface area (Å²) in [5.74, 6) is -0.0643. The Labute approximate surface area is 299 Å². The lowest BCUT2D eigenvalue weighted by atomic mass is 10.0. The Bertz CT molecular complexity index is 1970. The van der Waals surface area contributed by atoms with Crippen LogP contribution in [0.5, 0.6) is 5.75 Å². The molecule has 0 unspecified atom stereocenters. The molecule has 0 radical (unpaired) electrons. The van der Waals surface area contributed by atoms with Crippen LogP contribution < -0.4 is 10.1 Å². The Hall–Kier alpha value is -4.85. The first-order valence-corrected chi connectivity index (χ1v) is 18.4. The topological polar surface area (TPSA) is 145 Å². The predicted molar refractivity (Wildman–Crippen MR) is 195 cm³/mol. The second kappa shape index (κ2) is 16.4. The lowest BCUT2D eigenvalue weighted by Crippen LogP contribution is -2.52. The van der Waals surface area contributed by atoms with E-state index in [2.05, 4.69) is 15.3 Å². The van der Waals surface area contributed by atoms with Crippen LogP contribution in [0.3, 0.4) is 0 Å². The molecule has 0 saturated carbocycles. The fourth-order valence-electron chi connectivity index (χ4n) is 6.12. The highest BCUT2D eigenvalue weighted by molar-refractivity contribution is 7.89. The third kappa shape index (κ3) is 9.09. The Balaban J connectivity index is 1.36. The lowest BCUT2D eigenvalue weighted by Gasteiger charge is -2.31. The Morgan fingerprint density at radius 1 is 0.961 bits per heavy atom. The molecule has 2 atom stereocenters. The van der Waals surface area contributed by atoms with E-state index in [0.717, 1.165) is 16.6 Å². The number of nitrogens with one attached hydrogen (secondary N) is 1. The number of aliphatic hydroxyl groups excluding tert-OH is 1. The third-order valence-corrected chi connectivity index (χ3v) is 10.5. The zero-order valence-corrected chi connectivity index (χ0v) is 30.5. The Morgan fingerprint density at radius 3 is 2.27 bits per heavy atom. The summed E-state index contributed by atoms with van der Waals surface area (Å²) in [6, 6.07) is 21.7. The molecule has 0 aliphatic carbocycles. The fraction of sp³-hybridized carbons (Fsp3) is 0.368. The Kier molecular flexibility index (Phi) is 12.1. The van der Waals surface area contributed by atoms with Crippen molar-refractivity contribution in [1.82, 2.24) is 29.4 Å². The van der Waals surface area contributed by atoms with E-state index in [1.165, 1.54) is 28.4 Å². The molecule has 270 valence electrons. The monoisotopic (exact) mass is 714 g/mol. The molecular weight excluding hydrogens is 669 g/mol. The van der Waals surface area contributed by atoms with Crippen LogP contribution in [-0.2, 0) is 27.8 Å². The van der Waals surface area contributed by atoms with Gasteiger partial charge < -0.3 is 20.1 Å². The van der Waals surface area contributed by atoms with Crippen molar-refractivity contribution in [3.63, 3.8) is 0 Å². The number of hydrogen-bond donors (Lipinski definition) is 2. The van der Waals surface area contributed by atoms with E-state index in [9.17, 15) is 23.1 Å². The van der Waals surface area contributed by atoms with Gasteiger partial charge in [-0.15, -0.1) is 0 Å². The quantitative estimate of drug-likeness (QED) is 0.170. The second-order valence-electron chi connectivity index (χ2n) is 13.3. The molecule has 3 aromatic carbocycles. The van der Waals surface area contributed by atoms with Gasteiger partial charge in [-0.1, -0.05) is 56.3 Å². The minimum Gasteiger partial charge on any atom is -0.497 e. The number of nitrogens with zero attached hydrogens (tertiary/aromatic N) is 5. The van der Waals surface area contributed by atoms with Crippen LogP contribution in [0.15, 0.2) is 101 Å². The van der Waals surface area contributed by atoms with Gasteiger partial charge in [-0.2, -0.15) is 4.31 Å². The van der Waals surface area contributed by atoms with Crippen LogP contribution in [0.2, 0.25) is 0 Å². The van der Waals surface area contributed by atoms with Crippen molar-refractivity contribution in [2.24, 2.45) is 5.92 Å². The van der Waals surface area contributed by atoms with Crippen LogP contribution >= 0.6 is 0 Å². The first kappa shape index (κ1) is 37.4. The zero-order valence-electron chi connectivity index (χ0n) is 29.7.